The van der Waals surface area contributed by atoms with Crippen molar-refractivity contribution in [3.8, 4) is 0 Å². The van der Waals surface area contributed by atoms with E-state index in [1.807, 2.05) is 0 Å². The van der Waals surface area contributed by atoms with Gasteiger partial charge in [-0.2, -0.15) is 0 Å². The van der Waals surface area contributed by atoms with Crippen molar-refractivity contribution in [3.63, 3.8) is 0 Å². The smallest absolute Gasteiger partial charge is 0.0750 e. The van der Waals surface area contributed by atoms with Gasteiger partial charge in [-0.3, -0.25) is 0 Å². The summed E-state index contributed by atoms with van der Waals surface area (Å²) in [5.41, 5.74) is 2.31. The zero-order chi connectivity index (χ0) is 15.2. The molecule has 1 aliphatic rings. The molecule has 1 atom stereocenters. The molecule has 118 valence electrons. The van der Waals surface area contributed by atoms with E-state index >= 15 is 0 Å². The Hall–Kier alpha value is -0.770. The normalized spacial score (nSPS) is 18.4. The second-order valence-electron chi connectivity index (χ2n) is 6.32. The number of anilines is 1. The van der Waals surface area contributed by atoms with Crippen molar-refractivity contribution in [1.29, 1.82) is 0 Å². The number of nitrogens with zero attached hydrogens (tertiary/aromatic N) is 1. The van der Waals surface area contributed by atoms with Gasteiger partial charge in [0.15, 0.2) is 0 Å². The number of halogens is 1. The molecule has 0 bridgehead atoms. The van der Waals surface area contributed by atoms with E-state index in [1.165, 1.54) is 6.42 Å². The second kappa shape index (κ2) is 8.02. The molecular formula is C17H27ClN2O. The molecule has 0 amide bonds. The first-order valence-electron chi connectivity index (χ1n) is 7.88. The largest absolute Gasteiger partial charge is 0.376 e. The number of hydrogen-bond acceptors (Lipinski definition) is 3. The number of nitrogens with one attached hydrogen (secondary N) is 1. The Labute approximate surface area is 133 Å². The summed E-state index contributed by atoms with van der Waals surface area (Å²) in [7, 11) is 2.10. The lowest BCUT2D eigenvalue weighted by molar-refractivity contribution is 0.116. The molecule has 4 heteroatoms. The fourth-order valence-corrected chi connectivity index (χ4v) is 2.85. The maximum absolute atomic E-state index is 6.41. The van der Waals surface area contributed by atoms with Crippen molar-refractivity contribution >= 4 is 17.3 Å². The van der Waals surface area contributed by atoms with Crippen LogP contribution in [0.3, 0.4) is 0 Å². The van der Waals surface area contributed by atoms with Gasteiger partial charge in [0.2, 0.25) is 0 Å². The standard InChI is InChI=1S/C17H27ClN2O/c1-13(2)10-19-11-14-6-7-15(9-17(14)18)20(3)12-16-5-4-8-21-16/h6-7,9,13,16,19H,4-5,8,10-12H2,1-3H3. The quantitative estimate of drug-likeness (QED) is 0.831. The number of ether oxygens (including phenoxy) is 1. The minimum atomic E-state index is 0.362. The molecule has 1 fully saturated rings. The molecule has 1 saturated heterocycles. The monoisotopic (exact) mass is 310 g/mol. The molecule has 1 aromatic rings. The van der Waals surface area contributed by atoms with E-state index in [9.17, 15) is 0 Å². The van der Waals surface area contributed by atoms with E-state index in [0.717, 1.165) is 48.9 Å². The highest BCUT2D eigenvalue weighted by Crippen LogP contribution is 2.24. The summed E-state index contributed by atoms with van der Waals surface area (Å²) in [6.07, 6.45) is 2.70. The van der Waals surface area contributed by atoms with Crippen molar-refractivity contribution in [2.75, 3.05) is 31.6 Å². The van der Waals surface area contributed by atoms with Crippen LogP contribution >= 0.6 is 11.6 Å². The number of rotatable bonds is 7. The first-order chi connectivity index (χ1) is 10.1. The summed E-state index contributed by atoms with van der Waals surface area (Å²) in [5, 5.41) is 4.27. The molecule has 0 radical (unpaired) electrons. The molecule has 1 heterocycles. The van der Waals surface area contributed by atoms with Crippen molar-refractivity contribution in [1.82, 2.24) is 5.32 Å². The Bertz CT molecular complexity index is 444. The van der Waals surface area contributed by atoms with Crippen molar-refractivity contribution < 1.29 is 4.74 Å². The Morgan fingerprint density at radius 2 is 2.24 bits per heavy atom. The van der Waals surface area contributed by atoms with E-state index in [0.29, 0.717) is 12.0 Å². The van der Waals surface area contributed by atoms with Gasteiger partial charge in [0.25, 0.3) is 0 Å². The van der Waals surface area contributed by atoms with Gasteiger partial charge in [-0.15, -0.1) is 0 Å². The Kier molecular flexibility index (Phi) is 6.34. The molecular weight excluding hydrogens is 284 g/mol. The lowest BCUT2D eigenvalue weighted by atomic mass is 10.1. The Balaban J connectivity index is 1.90. The summed E-state index contributed by atoms with van der Waals surface area (Å²) in [4.78, 5) is 2.23. The van der Waals surface area contributed by atoms with Gasteiger partial charge in [-0.1, -0.05) is 31.5 Å². The van der Waals surface area contributed by atoms with Crippen LogP contribution in [0, 0.1) is 5.92 Å². The minimum absolute atomic E-state index is 0.362. The van der Waals surface area contributed by atoms with Crippen LogP contribution in [0.5, 0.6) is 0 Å². The summed E-state index contributed by atoms with van der Waals surface area (Å²) in [6, 6.07) is 6.33. The van der Waals surface area contributed by atoms with Crippen molar-refractivity contribution in [2.24, 2.45) is 5.92 Å². The number of hydrogen-bond donors (Lipinski definition) is 1. The predicted molar refractivity (Wildman–Crippen MR) is 90.2 cm³/mol. The lowest BCUT2D eigenvalue weighted by Crippen LogP contribution is -2.28. The van der Waals surface area contributed by atoms with Crippen molar-refractivity contribution in [3.05, 3.63) is 28.8 Å². The molecule has 1 N–H and O–H groups in total. The molecule has 0 aromatic heterocycles. The fourth-order valence-electron chi connectivity index (χ4n) is 2.61. The summed E-state index contributed by atoms with van der Waals surface area (Å²) in [6.45, 7) is 8.08. The van der Waals surface area contributed by atoms with Gasteiger partial charge in [0.1, 0.15) is 0 Å². The van der Waals surface area contributed by atoms with Crippen molar-refractivity contribution in [2.45, 2.75) is 39.3 Å². The van der Waals surface area contributed by atoms with E-state index in [1.54, 1.807) is 0 Å². The SMILES string of the molecule is CC(C)CNCc1ccc(N(C)CC2CCCO2)cc1Cl. The number of benzene rings is 1. The van der Waals surface area contributed by atoms with Gasteiger partial charge in [0.05, 0.1) is 6.10 Å². The van der Waals surface area contributed by atoms with E-state index < -0.39 is 0 Å². The average molecular weight is 311 g/mol. The van der Waals surface area contributed by atoms with Crippen LogP contribution < -0.4 is 10.2 Å². The van der Waals surface area contributed by atoms with Crippen LogP contribution in [-0.2, 0) is 11.3 Å². The van der Waals surface area contributed by atoms with Gasteiger partial charge >= 0.3 is 0 Å². The third-order valence-corrected chi connectivity index (χ3v) is 4.20. The van der Waals surface area contributed by atoms with Gasteiger partial charge in [-0.05, 0) is 43.0 Å². The zero-order valence-electron chi connectivity index (χ0n) is 13.4. The maximum Gasteiger partial charge on any atom is 0.0750 e. The van der Waals surface area contributed by atoms with Crippen LogP contribution in [0.15, 0.2) is 18.2 Å². The molecule has 0 aliphatic carbocycles. The van der Waals surface area contributed by atoms with Crippen LogP contribution in [0.2, 0.25) is 5.02 Å². The highest BCUT2D eigenvalue weighted by molar-refractivity contribution is 6.31. The van der Waals surface area contributed by atoms with E-state index in [4.69, 9.17) is 16.3 Å². The number of likely N-dealkylation sites (N-methyl/N-ethyl adjacent to an activating group) is 1. The molecule has 3 nitrogen and oxygen atoms in total. The summed E-state index contributed by atoms with van der Waals surface area (Å²) >= 11 is 6.41. The molecule has 1 aromatic carbocycles. The Morgan fingerprint density at radius 1 is 1.43 bits per heavy atom. The molecule has 1 unspecified atom stereocenters. The molecule has 0 spiro atoms. The lowest BCUT2D eigenvalue weighted by Gasteiger charge is -2.23. The second-order valence-corrected chi connectivity index (χ2v) is 6.72. The highest BCUT2D eigenvalue weighted by Gasteiger charge is 2.17. The van der Waals surface area contributed by atoms with Crippen LogP contribution in [0.4, 0.5) is 5.69 Å². The molecule has 21 heavy (non-hydrogen) atoms. The first-order valence-corrected chi connectivity index (χ1v) is 8.26. The van der Waals surface area contributed by atoms with Gasteiger partial charge in [0, 0.05) is 37.5 Å². The predicted octanol–water partition coefficient (Wildman–Crippen LogP) is 3.70. The minimum Gasteiger partial charge on any atom is -0.376 e. The topological polar surface area (TPSA) is 24.5 Å². The average Bonchev–Trinajstić information content (AvgIpc) is 2.93. The van der Waals surface area contributed by atoms with E-state index in [-0.39, 0.29) is 0 Å². The Morgan fingerprint density at radius 3 is 2.86 bits per heavy atom. The molecule has 2 rings (SSSR count). The maximum atomic E-state index is 6.41. The van der Waals surface area contributed by atoms with Gasteiger partial charge in [-0.25, -0.2) is 0 Å². The summed E-state index contributed by atoms with van der Waals surface area (Å²) < 4.78 is 5.69. The first kappa shape index (κ1) is 16.6. The summed E-state index contributed by atoms with van der Waals surface area (Å²) in [5.74, 6) is 0.653. The van der Waals surface area contributed by atoms with Gasteiger partial charge < -0.3 is 15.0 Å². The molecule has 0 saturated carbocycles. The highest BCUT2D eigenvalue weighted by atomic mass is 35.5. The third-order valence-electron chi connectivity index (χ3n) is 3.85. The molecule has 1 aliphatic heterocycles. The fraction of sp³-hybridized carbons (Fsp3) is 0.647. The van der Waals surface area contributed by atoms with E-state index in [2.05, 4.69) is 49.3 Å². The van der Waals surface area contributed by atoms with Crippen LogP contribution in [0.1, 0.15) is 32.3 Å². The van der Waals surface area contributed by atoms with Crippen LogP contribution in [-0.4, -0.2) is 32.8 Å². The third kappa shape index (κ3) is 5.17. The zero-order valence-corrected chi connectivity index (χ0v) is 14.1. The van der Waals surface area contributed by atoms with Crippen LogP contribution in [0.25, 0.3) is 0 Å².